The average molecular weight is 449 g/mol. The largest absolute Gasteiger partial charge is 0.481 e. The van der Waals surface area contributed by atoms with E-state index in [1.54, 1.807) is 0 Å². The maximum absolute atomic E-state index is 11.4. The van der Waals surface area contributed by atoms with Crippen molar-refractivity contribution >= 4 is 11.9 Å². The van der Waals surface area contributed by atoms with Crippen LogP contribution in [0.5, 0.6) is 0 Å². The van der Waals surface area contributed by atoms with Gasteiger partial charge in [-0.3, -0.25) is 9.59 Å². The number of esters is 1. The molecule has 0 amide bonds. The molecule has 0 saturated carbocycles. The summed E-state index contributed by atoms with van der Waals surface area (Å²) in [6, 6.07) is 10.1. The first kappa shape index (κ1) is 28.2. The van der Waals surface area contributed by atoms with Gasteiger partial charge in [-0.1, -0.05) is 75.8 Å². The smallest absolute Gasteiger partial charge is 0.303 e. The number of rotatable bonds is 20. The number of carbonyl (C=O) groups is 2. The maximum Gasteiger partial charge on any atom is 0.303 e. The summed E-state index contributed by atoms with van der Waals surface area (Å²) in [5, 5.41) is 8.92. The first-order valence-corrected chi connectivity index (χ1v) is 12.6. The molecule has 0 spiro atoms. The second-order valence-electron chi connectivity index (χ2n) is 8.78. The van der Waals surface area contributed by atoms with Gasteiger partial charge in [-0.05, 0) is 50.5 Å². The van der Waals surface area contributed by atoms with Crippen molar-refractivity contribution in [2.24, 2.45) is 0 Å². The standard InChI is InChI=1S/C27H44O5/c1-3-4-5-11-18-26(32-23(2)28)19-13-7-6-12-17-25(20-14-21-27(29)30)31-22-24-15-9-8-10-16-24/h8-10,15-16,25-26H,3-7,11-14,17-22H2,1-2H3,(H,29,30). The van der Waals surface area contributed by atoms with Crippen molar-refractivity contribution < 1.29 is 24.2 Å². The van der Waals surface area contributed by atoms with Gasteiger partial charge in [0.2, 0.25) is 0 Å². The average Bonchev–Trinajstić information content (AvgIpc) is 2.76. The Morgan fingerprint density at radius 3 is 1.94 bits per heavy atom. The van der Waals surface area contributed by atoms with Crippen molar-refractivity contribution in [1.29, 1.82) is 0 Å². The van der Waals surface area contributed by atoms with Crippen LogP contribution in [0.2, 0.25) is 0 Å². The van der Waals surface area contributed by atoms with E-state index in [4.69, 9.17) is 14.6 Å². The Balaban J connectivity index is 2.29. The van der Waals surface area contributed by atoms with E-state index >= 15 is 0 Å². The van der Waals surface area contributed by atoms with Crippen LogP contribution in [0.4, 0.5) is 0 Å². The lowest BCUT2D eigenvalue weighted by molar-refractivity contribution is -0.147. The van der Waals surface area contributed by atoms with Crippen molar-refractivity contribution in [1.82, 2.24) is 0 Å². The number of benzene rings is 1. The number of hydrogen-bond acceptors (Lipinski definition) is 4. The lowest BCUT2D eigenvalue weighted by Crippen LogP contribution is -2.16. The lowest BCUT2D eigenvalue weighted by Gasteiger charge is -2.18. The second kappa shape index (κ2) is 18.7. The molecule has 32 heavy (non-hydrogen) atoms. The number of carbonyl (C=O) groups excluding carboxylic acids is 1. The minimum atomic E-state index is -0.746. The van der Waals surface area contributed by atoms with Crippen LogP contribution in [0.25, 0.3) is 0 Å². The fourth-order valence-electron chi connectivity index (χ4n) is 3.97. The van der Waals surface area contributed by atoms with E-state index in [0.29, 0.717) is 13.0 Å². The van der Waals surface area contributed by atoms with E-state index in [2.05, 4.69) is 19.1 Å². The zero-order chi connectivity index (χ0) is 23.4. The molecule has 1 aromatic rings. The number of unbranched alkanes of at least 4 members (excludes halogenated alkanes) is 6. The topological polar surface area (TPSA) is 72.8 Å². The highest BCUT2D eigenvalue weighted by molar-refractivity contribution is 5.66. The molecule has 1 N–H and O–H groups in total. The van der Waals surface area contributed by atoms with Crippen molar-refractivity contribution in [2.75, 3.05) is 0 Å². The molecule has 0 radical (unpaired) electrons. The lowest BCUT2D eigenvalue weighted by atomic mass is 10.0. The summed E-state index contributed by atoms with van der Waals surface area (Å²) >= 11 is 0. The van der Waals surface area contributed by atoms with Crippen LogP contribution in [0.3, 0.4) is 0 Å². The van der Waals surface area contributed by atoms with Crippen LogP contribution in [-0.2, 0) is 25.7 Å². The Hall–Kier alpha value is -1.88. The highest BCUT2D eigenvalue weighted by Gasteiger charge is 2.13. The summed E-state index contributed by atoms with van der Waals surface area (Å²) in [7, 11) is 0. The second-order valence-corrected chi connectivity index (χ2v) is 8.78. The molecule has 0 saturated heterocycles. The highest BCUT2D eigenvalue weighted by atomic mass is 16.5. The summed E-state index contributed by atoms with van der Waals surface area (Å²) in [6.07, 6.45) is 13.8. The minimum absolute atomic E-state index is 0.0577. The molecule has 0 fully saturated rings. The zero-order valence-corrected chi connectivity index (χ0v) is 20.2. The third-order valence-electron chi connectivity index (χ3n) is 5.76. The van der Waals surface area contributed by atoms with Crippen LogP contribution in [-0.4, -0.2) is 29.3 Å². The molecule has 1 rings (SSSR count). The first-order chi connectivity index (χ1) is 15.5. The summed E-state index contributed by atoms with van der Waals surface area (Å²) < 4.78 is 11.6. The van der Waals surface area contributed by atoms with Crippen molar-refractivity contribution in [3.8, 4) is 0 Å². The van der Waals surface area contributed by atoms with Gasteiger partial charge < -0.3 is 14.6 Å². The van der Waals surface area contributed by atoms with Crippen LogP contribution in [0, 0.1) is 0 Å². The zero-order valence-electron chi connectivity index (χ0n) is 20.2. The van der Waals surface area contributed by atoms with E-state index in [9.17, 15) is 9.59 Å². The number of carboxylic acid groups (broad SMARTS) is 1. The van der Waals surface area contributed by atoms with Gasteiger partial charge in [-0.25, -0.2) is 0 Å². The summed E-state index contributed by atoms with van der Waals surface area (Å²) in [5.41, 5.74) is 1.14. The molecule has 0 aliphatic heterocycles. The molecule has 0 aromatic heterocycles. The molecule has 2 unspecified atom stereocenters. The van der Waals surface area contributed by atoms with E-state index < -0.39 is 5.97 Å². The third-order valence-corrected chi connectivity index (χ3v) is 5.76. The molecule has 0 heterocycles. The minimum Gasteiger partial charge on any atom is -0.481 e. The Morgan fingerprint density at radius 1 is 0.812 bits per heavy atom. The Labute approximate surface area is 194 Å². The van der Waals surface area contributed by atoms with Crippen molar-refractivity contribution in [3.05, 3.63) is 35.9 Å². The monoisotopic (exact) mass is 448 g/mol. The number of carboxylic acids is 1. The van der Waals surface area contributed by atoms with E-state index in [1.165, 1.54) is 26.2 Å². The van der Waals surface area contributed by atoms with E-state index in [-0.39, 0.29) is 24.6 Å². The molecular weight excluding hydrogens is 404 g/mol. The molecule has 182 valence electrons. The Kier molecular flexibility index (Phi) is 16.4. The predicted octanol–water partition coefficient (Wildman–Crippen LogP) is 7.07. The van der Waals surface area contributed by atoms with E-state index in [1.807, 2.05) is 18.2 Å². The van der Waals surface area contributed by atoms with Crippen LogP contribution >= 0.6 is 0 Å². The summed E-state index contributed by atoms with van der Waals surface area (Å²) in [6.45, 7) is 4.27. The SMILES string of the molecule is CCCCCCC(CCCCCCC(CCCC(=O)O)OCc1ccccc1)OC(C)=O. The van der Waals surface area contributed by atoms with Gasteiger partial charge in [-0.15, -0.1) is 0 Å². The maximum atomic E-state index is 11.4. The Morgan fingerprint density at radius 2 is 1.38 bits per heavy atom. The number of hydrogen-bond donors (Lipinski definition) is 1. The van der Waals surface area contributed by atoms with Crippen LogP contribution < -0.4 is 0 Å². The van der Waals surface area contributed by atoms with Gasteiger partial charge >= 0.3 is 11.9 Å². The van der Waals surface area contributed by atoms with Crippen molar-refractivity contribution in [2.45, 2.75) is 123 Å². The number of ether oxygens (including phenoxy) is 2. The highest BCUT2D eigenvalue weighted by Crippen LogP contribution is 2.19. The summed E-state index contributed by atoms with van der Waals surface area (Å²) in [5.74, 6) is -0.922. The summed E-state index contributed by atoms with van der Waals surface area (Å²) in [4.78, 5) is 22.2. The van der Waals surface area contributed by atoms with Crippen molar-refractivity contribution in [3.63, 3.8) is 0 Å². The molecule has 5 heteroatoms. The normalized spacial score (nSPS) is 12.9. The van der Waals surface area contributed by atoms with Crippen LogP contribution in [0.1, 0.15) is 109 Å². The Bertz CT molecular complexity index is 601. The fraction of sp³-hybridized carbons (Fsp3) is 0.704. The third kappa shape index (κ3) is 15.9. The molecule has 1 aromatic carbocycles. The molecular formula is C27H44O5. The van der Waals surface area contributed by atoms with Gasteiger partial charge in [0.25, 0.3) is 0 Å². The molecule has 0 bridgehead atoms. The quantitative estimate of drug-likeness (QED) is 0.171. The van der Waals surface area contributed by atoms with Gasteiger partial charge in [0.05, 0.1) is 12.7 Å². The molecule has 2 atom stereocenters. The van der Waals surface area contributed by atoms with Gasteiger partial charge in [-0.2, -0.15) is 0 Å². The predicted molar refractivity (Wildman–Crippen MR) is 129 cm³/mol. The number of aliphatic carboxylic acids is 1. The van der Waals surface area contributed by atoms with Gasteiger partial charge in [0.15, 0.2) is 0 Å². The van der Waals surface area contributed by atoms with Gasteiger partial charge in [0, 0.05) is 13.3 Å². The molecule has 0 aliphatic carbocycles. The van der Waals surface area contributed by atoms with E-state index in [0.717, 1.165) is 63.4 Å². The van der Waals surface area contributed by atoms with Crippen LogP contribution in [0.15, 0.2) is 30.3 Å². The molecule has 0 aliphatic rings. The fourth-order valence-corrected chi connectivity index (χ4v) is 3.97. The molecule has 5 nitrogen and oxygen atoms in total. The van der Waals surface area contributed by atoms with Gasteiger partial charge in [0.1, 0.15) is 6.10 Å². The first-order valence-electron chi connectivity index (χ1n) is 12.6.